The van der Waals surface area contributed by atoms with Gasteiger partial charge in [0.25, 0.3) is 0 Å². The topological polar surface area (TPSA) is 16.4 Å². The van der Waals surface area contributed by atoms with Crippen molar-refractivity contribution in [1.82, 2.24) is 0 Å². The van der Waals surface area contributed by atoms with Crippen LogP contribution in [-0.4, -0.2) is 0 Å². The van der Waals surface area contributed by atoms with Crippen LogP contribution in [-0.2, 0) is 10.8 Å². The van der Waals surface area contributed by atoms with E-state index in [-0.39, 0.29) is 10.8 Å². The highest BCUT2D eigenvalue weighted by molar-refractivity contribution is 6.11. The first-order valence-electron chi connectivity index (χ1n) is 20.0. The van der Waals surface area contributed by atoms with E-state index in [0.717, 1.165) is 28.2 Å². The van der Waals surface area contributed by atoms with Gasteiger partial charge in [-0.3, -0.25) is 0 Å². The first-order valence-corrected chi connectivity index (χ1v) is 20.0. The molecule has 8 aromatic rings. The Morgan fingerprint density at radius 2 is 1.17 bits per heavy atom. The van der Waals surface area contributed by atoms with E-state index < -0.39 is 0 Å². The zero-order chi connectivity index (χ0) is 36.3. The van der Waals surface area contributed by atoms with E-state index >= 15 is 0 Å². The van der Waals surface area contributed by atoms with E-state index in [1.165, 1.54) is 104 Å². The number of fused-ring (bicyclic) bond motifs is 9. The lowest BCUT2D eigenvalue weighted by Gasteiger charge is -2.39. The van der Waals surface area contributed by atoms with Crippen LogP contribution >= 0.6 is 0 Å². The monoisotopic (exact) mass is 699 g/mol. The molecular weight excluding hydrogens is 655 g/mol. The molecule has 1 aromatic heterocycles. The first-order chi connectivity index (χ1) is 26.3. The van der Waals surface area contributed by atoms with Gasteiger partial charge >= 0.3 is 0 Å². The molecule has 0 N–H and O–H groups in total. The number of benzene rings is 7. The summed E-state index contributed by atoms with van der Waals surface area (Å²) in [5.41, 5.74) is 17.5. The summed E-state index contributed by atoms with van der Waals surface area (Å²) in [5, 5.41) is 5.12. The predicted octanol–water partition coefficient (Wildman–Crippen LogP) is 14.9. The van der Waals surface area contributed by atoms with E-state index in [1.807, 2.05) is 0 Å². The molecule has 264 valence electrons. The predicted molar refractivity (Wildman–Crippen MR) is 227 cm³/mol. The summed E-state index contributed by atoms with van der Waals surface area (Å²) < 4.78 is 7.07. The van der Waals surface area contributed by atoms with Crippen molar-refractivity contribution in [1.29, 1.82) is 0 Å². The van der Waals surface area contributed by atoms with Crippen molar-refractivity contribution in [2.75, 3.05) is 4.90 Å². The maximum absolute atomic E-state index is 7.07. The molecule has 0 unspecified atom stereocenters. The molecule has 3 aliphatic rings. The molecule has 1 fully saturated rings. The fraction of sp³-hybridized carbons (Fsp3) is 0.231. The largest absolute Gasteiger partial charge is 0.454 e. The Balaban J connectivity index is 1.10. The quantitative estimate of drug-likeness (QED) is 0.182. The van der Waals surface area contributed by atoms with Crippen LogP contribution in [0.2, 0.25) is 0 Å². The molecule has 11 rings (SSSR count). The van der Waals surface area contributed by atoms with Crippen LogP contribution in [0.15, 0.2) is 138 Å². The van der Waals surface area contributed by atoms with Crippen LogP contribution < -0.4 is 4.90 Å². The van der Waals surface area contributed by atoms with Gasteiger partial charge in [-0.15, -0.1) is 0 Å². The fourth-order valence-corrected chi connectivity index (χ4v) is 10.9. The summed E-state index contributed by atoms with van der Waals surface area (Å²) in [7, 11) is 0. The zero-order valence-electron chi connectivity index (χ0n) is 31.7. The maximum Gasteiger partial charge on any atom is 0.159 e. The molecule has 1 heterocycles. The Morgan fingerprint density at radius 1 is 0.519 bits per heavy atom. The SMILES string of the molecule is CC1(C)c2cc(N(c3ccccc3)c3cccc4c3oc3c(C5CCCCC5)cccc34)ccc2-c2ccc3c(c21)C(C)(C)c1cccc2cccc-3c12. The minimum absolute atomic E-state index is 0.153. The van der Waals surface area contributed by atoms with Crippen molar-refractivity contribution in [3.8, 4) is 22.3 Å². The van der Waals surface area contributed by atoms with Crippen LogP contribution in [0.25, 0.3) is 55.0 Å². The van der Waals surface area contributed by atoms with Crippen molar-refractivity contribution < 1.29 is 4.42 Å². The average molecular weight is 700 g/mol. The van der Waals surface area contributed by atoms with Crippen LogP contribution in [0.1, 0.15) is 93.5 Å². The van der Waals surface area contributed by atoms with E-state index in [2.05, 4.69) is 166 Å². The molecule has 3 aliphatic carbocycles. The summed E-state index contributed by atoms with van der Waals surface area (Å²) in [5.74, 6) is 0.564. The lowest BCUT2D eigenvalue weighted by atomic mass is 9.63. The average Bonchev–Trinajstić information content (AvgIpc) is 3.70. The van der Waals surface area contributed by atoms with Crippen molar-refractivity contribution in [2.24, 2.45) is 0 Å². The standard InChI is InChI=1S/C52H45NO/c1-51(2)43-25-12-18-33-17-11-22-38(46(33)43)40-30-29-39-37-28-27-35(31-44(37)52(3,4)47(39)48(40)51)53(34-19-9-6-10-20-34)45-26-14-24-42-41-23-13-21-36(49(41)54-50(42)45)32-15-7-5-8-16-32/h6,9-14,17-32H,5,7-8,15-16H2,1-4H3. The lowest BCUT2D eigenvalue weighted by Crippen LogP contribution is -2.29. The lowest BCUT2D eigenvalue weighted by molar-refractivity contribution is 0.442. The third kappa shape index (κ3) is 4.34. The second-order valence-electron chi connectivity index (χ2n) is 17.1. The molecule has 2 nitrogen and oxygen atoms in total. The molecule has 0 amide bonds. The van der Waals surface area contributed by atoms with Gasteiger partial charge in [-0.2, -0.15) is 0 Å². The van der Waals surface area contributed by atoms with Gasteiger partial charge in [0.15, 0.2) is 5.58 Å². The molecular formula is C52H45NO. The molecule has 7 aromatic carbocycles. The summed E-state index contributed by atoms with van der Waals surface area (Å²) >= 11 is 0. The van der Waals surface area contributed by atoms with Gasteiger partial charge in [0.2, 0.25) is 0 Å². The first kappa shape index (κ1) is 31.9. The van der Waals surface area contributed by atoms with E-state index in [0.29, 0.717) is 5.92 Å². The molecule has 0 spiro atoms. The van der Waals surface area contributed by atoms with Gasteiger partial charge in [-0.25, -0.2) is 0 Å². The number of nitrogens with zero attached hydrogens (tertiary/aromatic N) is 1. The Bertz CT molecular complexity index is 2810. The fourth-order valence-electron chi connectivity index (χ4n) is 10.9. The van der Waals surface area contributed by atoms with Gasteiger partial charge in [0, 0.05) is 33.0 Å². The highest BCUT2D eigenvalue weighted by Gasteiger charge is 2.44. The van der Waals surface area contributed by atoms with E-state index in [9.17, 15) is 0 Å². The Kier molecular flexibility index (Phi) is 6.76. The third-order valence-corrected chi connectivity index (χ3v) is 13.4. The smallest absolute Gasteiger partial charge is 0.159 e. The molecule has 0 radical (unpaired) electrons. The van der Waals surface area contributed by atoms with Crippen LogP contribution in [0.5, 0.6) is 0 Å². The molecule has 0 atom stereocenters. The van der Waals surface area contributed by atoms with Crippen molar-refractivity contribution >= 4 is 49.8 Å². The van der Waals surface area contributed by atoms with Gasteiger partial charge < -0.3 is 9.32 Å². The van der Waals surface area contributed by atoms with Gasteiger partial charge in [-0.1, -0.05) is 150 Å². The highest BCUT2D eigenvalue weighted by Crippen LogP contribution is 2.59. The second kappa shape index (κ2) is 11.5. The molecule has 2 heteroatoms. The second-order valence-corrected chi connectivity index (χ2v) is 17.1. The summed E-state index contributed by atoms with van der Waals surface area (Å²) in [6.45, 7) is 9.76. The minimum atomic E-state index is -0.216. The van der Waals surface area contributed by atoms with Gasteiger partial charge in [-0.05, 0) is 110 Å². The zero-order valence-corrected chi connectivity index (χ0v) is 31.7. The highest BCUT2D eigenvalue weighted by atomic mass is 16.3. The van der Waals surface area contributed by atoms with Crippen molar-refractivity contribution in [3.63, 3.8) is 0 Å². The number of furan rings is 1. The van der Waals surface area contributed by atoms with Crippen LogP contribution in [0, 0.1) is 0 Å². The maximum atomic E-state index is 7.07. The number of hydrogen-bond acceptors (Lipinski definition) is 2. The Labute approximate surface area is 318 Å². The number of para-hydroxylation sites is 3. The molecule has 54 heavy (non-hydrogen) atoms. The number of rotatable bonds is 4. The molecule has 1 saturated carbocycles. The van der Waals surface area contributed by atoms with Crippen molar-refractivity contribution in [2.45, 2.75) is 76.5 Å². The third-order valence-electron chi connectivity index (χ3n) is 13.4. The Morgan fingerprint density at radius 3 is 1.94 bits per heavy atom. The van der Waals surface area contributed by atoms with E-state index in [1.54, 1.807) is 0 Å². The van der Waals surface area contributed by atoms with Gasteiger partial charge in [0.05, 0.1) is 5.69 Å². The summed E-state index contributed by atoms with van der Waals surface area (Å²) in [6, 6.07) is 50.0. The summed E-state index contributed by atoms with van der Waals surface area (Å²) in [6.07, 6.45) is 6.44. The molecule has 0 saturated heterocycles. The van der Waals surface area contributed by atoms with Crippen LogP contribution in [0.3, 0.4) is 0 Å². The molecule has 0 aliphatic heterocycles. The summed E-state index contributed by atoms with van der Waals surface area (Å²) in [4.78, 5) is 2.42. The van der Waals surface area contributed by atoms with E-state index in [4.69, 9.17) is 4.42 Å². The Hall–Kier alpha value is -5.60. The van der Waals surface area contributed by atoms with Crippen LogP contribution in [0.4, 0.5) is 17.1 Å². The number of anilines is 3. The van der Waals surface area contributed by atoms with Gasteiger partial charge in [0.1, 0.15) is 5.58 Å². The normalized spacial score (nSPS) is 16.7. The van der Waals surface area contributed by atoms with Crippen molar-refractivity contribution in [3.05, 3.63) is 161 Å². The number of hydrogen-bond donors (Lipinski definition) is 0. The molecule has 0 bridgehead atoms. The minimum Gasteiger partial charge on any atom is -0.454 e.